The molecule has 0 bridgehead atoms. The Labute approximate surface area is 141 Å². The second-order valence-corrected chi connectivity index (χ2v) is 6.65. The zero-order valence-corrected chi connectivity index (χ0v) is 13.7. The highest BCUT2D eigenvalue weighted by Gasteiger charge is 2.08. The number of rotatable bonds is 5. The SMILES string of the molecule is O=C(/C=C/c1cccs1)c1cccc(NC(=O)c2cccs2)c1. The van der Waals surface area contributed by atoms with Crippen LogP contribution < -0.4 is 5.32 Å². The van der Waals surface area contributed by atoms with E-state index in [9.17, 15) is 9.59 Å². The molecule has 0 atom stereocenters. The lowest BCUT2D eigenvalue weighted by molar-refractivity contribution is 0.102. The molecule has 3 rings (SSSR count). The molecule has 0 radical (unpaired) electrons. The van der Waals surface area contributed by atoms with Gasteiger partial charge in [-0.2, -0.15) is 0 Å². The Morgan fingerprint density at radius 3 is 2.52 bits per heavy atom. The summed E-state index contributed by atoms with van der Waals surface area (Å²) in [5, 5.41) is 6.62. The molecule has 3 aromatic rings. The summed E-state index contributed by atoms with van der Waals surface area (Å²) in [7, 11) is 0. The van der Waals surface area contributed by atoms with Crippen LogP contribution in [0.5, 0.6) is 0 Å². The predicted octanol–water partition coefficient (Wildman–Crippen LogP) is 4.96. The fourth-order valence-electron chi connectivity index (χ4n) is 1.99. The monoisotopic (exact) mass is 339 g/mol. The van der Waals surface area contributed by atoms with E-state index in [0.29, 0.717) is 16.1 Å². The number of carbonyl (C=O) groups excluding carboxylic acids is 2. The van der Waals surface area contributed by atoms with Gasteiger partial charge in [-0.15, -0.1) is 22.7 Å². The van der Waals surface area contributed by atoms with Gasteiger partial charge in [0.05, 0.1) is 4.88 Å². The summed E-state index contributed by atoms with van der Waals surface area (Å²) in [6, 6.07) is 14.4. The average molecular weight is 339 g/mol. The molecule has 0 saturated heterocycles. The fourth-order valence-corrected chi connectivity index (χ4v) is 3.23. The van der Waals surface area contributed by atoms with Gasteiger partial charge in [0, 0.05) is 16.1 Å². The lowest BCUT2D eigenvalue weighted by Crippen LogP contribution is -2.10. The maximum absolute atomic E-state index is 12.2. The van der Waals surface area contributed by atoms with Gasteiger partial charge in [-0.25, -0.2) is 0 Å². The third-order valence-corrected chi connectivity index (χ3v) is 4.80. The third kappa shape index (κ3) is 4.03. The van der Waals surface area contributed by atoms with Gasteiger partial charge < -0.3 is 5.32 Å². The summed E-state index contributed by atoms with van der Waals surface area (Å²) < 4.78 is 0. The van der Waals surface area contributed by atoms with E-state index < -0.39 is 0 Å². The quantitative estimate of drug-likeness (QED) is 0.527. The van der Waals surface area contributed by atoms with Gasteiger partial charge in [0.2, 0.25) is 0 Å². The van der Waals surface area contributed by atoms with Gasteiger partial charge >= 0.3 is 0 Å². The highest BCUT2D eigenvalue weighted by Crippen LogP contribution is 2.16. The Hall–Kier alpha value is -2.50. The number of benzene rings is 1. The first-order valence-corrected chi connectivity index (χ1v) is 8.69. The largest absolute Gasteiger partial charge is 0.321 e. The second kappa shape index (κ2) is 7.17. The number of carbonyl (C=O) groups is 2. The van der Waals surface area contributed by atoms with Crippen LogP contribution in [0.1, 0.15) is 24.9 Å². The van der Waals surface area contributed by atoms with E-state index in [1.54, 1.807) is 53.8 Å². The van der Waals surface area contributed by atoms with E-state index in [2.05, 4.69) is 5.32 Å². The molecule has 0 unspecified atom stereocenters. The number of anilines is 1. The molecule has 114 valence electrons. The summed E-state index contributed by atoms with van der Waals surface area (Å²) in [5.74, 6) is -0.260. The number of thiophene rings is 2. The molecule has 23 heavy (non-hydrogen) atoms. The molecule has 1 amide bonds. The number of hydrogen-bond acceptors (Lipinski definition) is 4. The van der Waals surface area contributed by atoms with Crippen LogP contribution in [0.15, 0.2) is 65.4 Å². The molecule has 0 fully saturated rings. The van der Waals surface area contributed by atoms with Crippen LogP contribution in [0, 0.1) is 0 Å². The molecule has 5 heteroatoms. The second-order valence-electron chi connectivity index (χ2n) is 4.73. The van der Waals surface area contributed by atoms with Crippen LogP contribution in [0.3, 0.4) is 0 Å². The van der Waals surface area contributed by atoms with Crippen LogP contribution in [-0.2, 0) is 0 Å². The Balaban J connectivity index is 1.72. The minimum absolute atomic E-state index is 0.0920. The highest BCUT2D eigenvalue weighted by molar-refractivity contribution is 7.12. The van der Waals surface area contributed by atoms with E-state index in [0.717, 1.165) is 4.88 Å². The topological polar surface area (TPSA) is 46.2 Å². The molecule has 0 saturated carbocycles. The summed E-state index contributed by atoms with van der Waals surface area (Å²) in [5.41, 5.74) is 1.15. The van der Waals surface area contributed by atoms with Crippen molar-refractivity contribution in [2.75, 3.05) is 5.32 Å². The van der Waals surface area contributed by atoms with E-state index in [4.69, 9.17) is 0 Å². The van der Waals surface area contributed by atoms with Crippen LogP contribution in [-0.4, -0.2) is 11.7 Å². The highest BCUT2D eigenvalue weighted by atomic mass is 32.1. The van der Waals surface area contributed by atoms with Crippen molar-refractivity contribution in [3.8, 4) is 0 Å². The van der Waals surface area contributed by atoms with Crippen molar-refractivity contribution in [1.29, 1.82) is 0 Å². The standard InChI is InChI=1S/C18H13NO2S2/c20-16(9-8-15-6-2-10-22-15)13-4-1-5-14(12-13)19-18(21)17-7-3-11-23-17/h1-12H,(H,19,21)/b9-8+. The fraction of sp³-hybridized carbons (Fsp3) is 0. The first kappa shape index (κ1) is 15.4. The van der Waals surface area contributed by atoms with E-state index in [1.807, 2.05) is 29.0 Å². The Morgan fingerprint density at radius 2 is 1.78 bits per heavy atom. The molecule has 3 nitrogen and oxygen atoms in total. The number of allylic oxidation sites excluding steroid dienone is 1. The Bertz CT molecular complexity index is 834. The van der Waals surface area contributed by atoms with E-state index >= 15 is 0 Å². The minimum atomic E-state index is -0.168. The number of ketones is 1. The molecule has 0 aliphatic carbocycles. The molecule has 1 N–H and O–H groups in total. The molecule has 1 aromatic carbocycles. The summed E-state index contributed by atoms with van der Waals surface area (Å²) in [6.45, 7) is 0. The van der Waals surface area contributed by atoms with Crippen molar-refractivity contribution in [2.45, 2.75) is 0 Å². The van der Waals surface area contributed by atoms with Gasteiger partial charge in [-0.1, -0.05) is 24.3 Å². The molecule has 2 heterocycles. The maximum Gasteiger partial charge on any atom is 0.265 e. The van der Waals surface area contributed by atoms with Crippen molar-refractivity contribution >= 4 is 46.1 Å². The van der Waals surface area contributed by atoms with Crippen LogP contribution in [0.25, 0.3) is 6.08 Å². The Morgan fingerprint density at radius 1 is 0.957 bits per heavy atom. The maximum atomic E-state index is 12.2. The van der Waals surface area contributed by atoms with Gasteiger partial charge in [0.25, 0.3) is 5.91 Å². The van der Waals surface area contributed by atoms with Crippen molar-refractivity contribution in [2.24, 2.45) is 0 Å². The van der Waals surface area contributed by atoms with Crippen LogP contribution >= 0.6 is 22.7 Å². The van der Waals surface area contributed by atoms with Crippen molar-refractivity contribution in [3.05, 3.63) is 80.7 Å². The lowest BCUT2D eigenvalue weighted by Gasteiger charge is -2.05. The van der Waals surface area contributed by atoms with Gasteiger partial charge in [0.1, 0.15) is 0 Å². The average Bonchev–Trinajstić information content (AvgIpc) is 3.26. The summed E-state index contributed by atoms with van der Waals surface area (Å²) in [6.07, 6.45) is 3.34. The first-order chi connectivity index (χ1) is 11.2. The number of nitrogens with one attached hydrogen (secondary N) is 1. The molecule has 0 aliphatic heterocycles. The Kier molecular flexibility index (Phi) is 4.80. The minimum Gasteiger partial charge on any atom is -0.321 e. The predicted molar refractivity (Wildman–Crippen MR) is 96.4 cm³/mol. The van der Waals surface area contributed by atoms with Gasteiger partial charge in [0.15, 0.2) is 5.78 Å². The summed E-state index contributed by atoms with van der Waals surface area (Å²) in [4.78, 5) is 25.9. The van der Waals surface area contributed by atoms with E-state index in [-0.39, 0.29) is 11.7 Å². The number of amides is 1. The summed E-state index contributed by atoms with van der Waals surface area (Å²) >= 11 is 2.95. The third-order valence-electron chi connectivity index (χ3n) is 3.09. The smallest absolute Gasteiger partial charge is 0.265 e. The number of hydrogen-bond donors (Lipinski definition) is 1. The zero-order valence-electron chi connectivity index (χ0n) is 12.1. The van der Waals surface area contributed by atoms with Gasteiger partial charge in [-0.05, 0) is 47.2 Å². The molecule has 2 aromatic heterocycles. The van der Waals surface area contributed by atoms with Gasteiger partial charge in [-0.3, -0.25) is 9.59 Å². The van der Waals surface area contributed by atoms with Crippen molar-refractivity contribution in [3.63, 3.8) is 0 Å². The lowest BCUT2D eigenvalue weighted by atomic mass is 10.1. The van der Waals surface area contributed by atoms with Crippen LogP contribution in [0.2, 0.25) is 0 Å². The first-order valence-electron chi connectivity index (χ1n) is 6.93. The molecule has 0 aliphatic rings. The van der Waals surface area contributed by atoms with Crippen LogP contribution in [0.4, 0.5) is 5.69 Å². The molecular weight excluding hydrogens is 326 g/mol. The molecule has 0 spiro atoms. The van der Waals surface area contributed by atoms with E-state index in [1.165, 1.54) is 11.3 Å². The zero-order chi connectivity index (χ0) is 16.1. The van der Waals surface area contributed by atoms with Crippen molar-refractivity contribution in [1.82, 2.24) is 0 Å². The molecular formula is C18H13NO2S2. The normalized spacial score (nSPS) is 10.8. The van der Waals surface area contributed by atoms with Crippen molar-refractivity contribution < 1.29 is 9.59 Å².